The third-order valence-electron chi connectivity index (χ3n) is 7.01. The highest BCUT2D eigenvalue weighted by atomic mass is 16.2. The molecule has 2 aromatic carbocycles. The van der Waals surface area contributed by atoms with Crippen LogP contribution in [0.2, 0.25) is 0 Å². The van der Waals surface area contributed by atoms with Crippen molar-refractivity contribution in [2.75, 3.05) is 10.2 Å². The molecular formula is C24H24N3O4+. The van der Waals surface area contributed by atoms with Crippen LogP contribution in [0.4, 0.5) is 11.4 Å². The maximum absolute atomic E-state index is 13.7. The van der Waals surface area contributed by atoms with Crippen LogP contribution in [-0.4, -0.2) is 29.5 Å². The van der Waals surface area contributed by atoms with Crippen LogP contribution in [0, 0.1) is 17.8 Å². The zero-order valence-corrected chi connectivity index (χ0v) is 17.6. The third kappa shape index (κ3) is 2.50. The first kappa shape index (κ1) is 19.6. The lowest BCUT2D eigenvalue weighted by Gasteiger charge is -2.27. The quantitative estimate of drug-likeness (QED) is 0.582. The number of ketones is 1. The van der Waals surface area contributed by atoms with Gasteiger partial charge in [0.25, 0.3) is 5.91 Å². The molecule has 0 bridgehead atoms. The van der Waals surface area contributed by atoms with Gasteiger partial charge in [-0.05, 0) is 37.3 Å². The standard InChI is InChI=1S/C24H23N3O4/c1-12(2)20-18-19(24(26-20)16-6-4-5-7-17(16)25-23(24)31)22(30)27(21(18)29)15-10-8-14(9-11-15)13(3)28/h4-12,18-20,26H,1-3H3,(H,25,31)/p+1/t18?,19?,20?,24-/m0/s1. The summed E-state index contributed by atoms with van der Waals surface area (Å²) in [5, 5.41) is 4.87. The lowest BCUT2D eigenvalue weighted by Crippen LogP contribution is -2.99. The van der Waals surface area contributed by atoms with Gasteiger partial charge in [0, 0.05) is 17.0 Å². The number of para-hydroxylation sites is 1. The normalized spacial score (nSPS) is 29.0. The second-order valence-electron chi connectivity index (χ2n) is 8.98. The molecule has 2 aromatic rings. The SMILES string of the molecule is CC(=O)c1ccc(N2C(=O)C3C(C(C)C)[NH2+][C@]4(C(=O)Nc5ccccc54)C3C2=O)cc1. The molecule has 3 amide bonds. The molecule has 3 aliphatic rings. The van der Waals surface area contributed by atoms with Crippen LogP contribution in [0.25, 0.3) is 0 Å². The van der Waals surface area contributed by atoms with Crippen molar-refractivity contribution < 1.29 is 24.5 Å². The number of benzene rings is 2. The van der Waals surface area contributed by atoms with Gasteiger partial charge in [-0.3, -0.25) is 19.2 Å². The first-order valence-corrected chi connectivity index (χ1v) is 10.5. The molecule has 3 heterocycles. The van der Waals surface area contributed by atoms with Crippen LogP contribution in [-0.2, 0) is 19.9 Å². The van der Waals surface area contributed by atoms with Crippen molar-refractivity contribution >= 4 is 34.9 Å². The molecule has 158 valence electrons. The Labute approximate surface area is 179 Å². The fourth-order valence-electron chi connectivity index (χ4n) is 5.55. The Morgan fingerprint density at radius 2 is 1.71 bits per heavy atom. The van der Waals surface area contributed by atoms with E-state index in [1.807, 2.05) is 43.4 Å². The number of nitrogens with two attached hydrogens (primary N) is 1. The summed E-state index contributed by atoms with van der Waals surface area (Å²) < 4.78 is 0. The van der Waals surface area contributed by atoms with Crippen molar-refractivity contribution in [3.63, 3.8) is 0 Å². The number of quaternary nitrogens is 1. The van der Waals surface area contributed by atoms with Crippen molar-refractivity contribution in [1.29, 1.82) is 0 Å². The Morgan fingerprint density at radius 1 is 1.03 bits per heavy atom. The summed E-state index contributed by atoms with van der Waals surface area (Å²) in [5.41, 5.74) is 1.23. The zero-order chi connectivity index (χ0) is 22.1. The topological polar surface area (TPSA) is 100 Å². The first-order valence-electron chi connectivity index (χ1n) is 10.5. The zero-order valence-electron chi connectivity index (χ0n) is 17.6. The van der Waals surface area contributed by atoms with Gasteiger partial charge in [0.05, 0.1) is 11.4 Å². The molecule has 4 atom stereocenters. The summed E-state index contributed by atoms with van der Waals surface area (Å²) in [7, 11) is 0. The maximum Gasteiger partial charge on any atom is 0.291 e. The van der Waals surface area contributed by atoms with Gasteiger partial charge in [-0.15, -0.1) is 0 Å². The van der Waals surface area contributed by atoms with E-state index in [0.717, 1.165) is 5.56 Å². The minimum atomic E-state index is -1.16. The number of nitrogens with zero attached hydrogens (tertiary/aromatic N) is 1. The van der Waals surface area contributed by atoms with Crippen molar-refractivity contribution in [3.8, 4) is 0 Å². The average Bonchev–Trinajstić information content (AvgIpc) is 3.33. The highest BCUT2D eigenvalue weighted by molar-refractivity contribution is 6.25. The van der Waals surface area contributed by atoms with Crippen LogP contribution in [0.5, 0.6) is 0 Å². The Morgan fingerprint density at radius 3 is 2.35 bits per heavy atom. The van der Waals surface area contributed by atoms with Crippen LogP contribution in [0.15, 0.2) is 48.5 Å². The summed E-state index contributed by atoms with van der Waals surface area (Å²) >= 11 is 0. The van der Waals surface area contributed by atoms with E-state index in [1.54, 1.807) is 24.3 Å². The van der Waals surface area contributed by atoms with E-state index in [0.29, 0.717) is 16.9 Å². The third-order valence-corrected chi connectivity index (χ3v) is 7.01. The predicted molar refractivity (Wildman–Crippen MR) is 113 cm³/mol. The highest BCUT2D eigenvalue weighted by Gasteiger charge is 2.74. The summed E-state index contributed by atoms with van der Waals surface area (Å²) in [5.74, 6) is -2.28. The molecule has 31 heavy (non-hydrogen) atoms. The second kappa shape index (κ2) is 6.59. The summed E-state index contributed by atoms with van der Waals surface area (Å²) in [6.45, 7) is 5.49. The number of rotatable bonds is 3. The monoisotopic (exact) mass is 418 g/mol. The largest absolute Gasteiger partial charge is 0.326 e. The number of nitrogens with one attached hydrogen (secondary N) is 1. The van der Waals surface area contributed by atoms with Crippen LogP contribution in [0.3, 0.4) is 0 Å². The van der Waals surface area contributed by atoms with Gasteiger partial charge in [0.2, 0.25) is 17.4 Å². The summed E-state index contributed by atoms with van der Waals surface area (Å²) in [6, 6.07) is 13.7. The molecule has 0 aromatic heterocycles. The smallest absolute Gasteiger partial charge is 0.291 e. The fourth-order valence-corrected chi connectivity index (χ4v) is 5.55. The Bertz CT molecular complexity index is 1140. The molecule has 1 spiro atoms. The van der Waals surface area contributed by atoms with E-state index in [9.17, 15) is 19.2 Å². The number of anilines is 2. The number of Topliss-reactive ketones (excluding diaryl/α,β-unsaturated/α-hetero) is 1. The van der Waals surface area contributed by atoms with Crippen molar-refractivity contribution in [2.45, 2.75) is 32.4 Å². The Balaban J connectivity index is 1.64. The van der Waals surface area contributed by atoms with Crippen molar-refractivity contribution in [3.05, 3.63) is 59.7 Å². The Hall–Kier alpha value is -3.32. The van der Waals surface area contributed by atoms with Gasteiger partial charge < -0.3 is 10.6 Å². The number of carbonyl (C=O) groups excluding carboxylic acids is 4. The molecule has 0 saturated carbocycles. The van der Waals surface area contributed by atoms with Gasteiger partial charge in [0.15, 0.2) is 5.78 Å². The summed E-state index contributed by atoms with van der Waals surface area (Å²) in [4.78, 5) is 53.5. The number of fused-ring (bicyclic) bond motifs is 4. The molecule has 0 radical (unpaired) electrons. The summed E-state index contributed by atoms with van der Waals surface area (Å²) in [6.07, 6.45) is 0. The molecule has 7 nitrogen and oxygen atoms in total. The second-order valence-corrected chi connectivity index (χ2v) is 8.98. The predicted octanol–water partition coefficient (Wildman–Crippen LogP) is 1.44. The molecule has 0 aliphatic carbocycles. The van der Waals surface area contributed by atoms with E-state index in [-0.39, 0.29) is 35.5 Å². The molecular weight excluding hydrogens is 394 g/mol. The minimum Gasteiger partial charge on any atom is -0.326 e. The van der Waals surface area contributed by atoms with Crippen molar-refractivity contribution in [2.24, 2.45) is 17.8 Å². The van der Waals surface area contributed by atoms with Gasteiger partial charge in [-0.1, -0.05) is 32.0 Å². The first-order chi connectivity index (χ1) is 14.8. The Kier molecular flexibility index (Phi) is 4.17. The van der Waals surface area contributed by atoms with Gasteiger partial charge in [-0.25, -0.2) is 4.90 Å². The van der Waals surface area contributed by atoms with Gasteiger partial charge in [-0.2, -0.15) is 0 Å². The molecule has 5 rings (SSSR count). The average molecular weight is 418 g/mol. The van der Waals surface area contributed by atoms with Crippen molar-refractivity contribution in [1.82, 2.24) is 0 Å². The van der Waals surface area contributed by atoms with E-state index in [4.69, 9.17) is 0 Å². The number of hydrogen-bond acceptors (Lipinski definition) is 4. The molecule has 2 saturated heterocycles. The van der Waals surface area contributed by atoms with Gasteiger partial charge in [0.1, 0.15) is 17.9 Å². The molecule has 3 N–H and O–H groups in total. The van der Waals surface area contributed by atoms with E-state index in [2.05, 4.69) is 5.32 Å². The fraction of sp³-hybridized carbons (Fsp3) is 0.333. The number of hydrogen-bond donors (Lipinski definition) is 2. The maximum atomic E-state index is 13.7. The molecule has 2 fully saturated rings. The number of amides is 3. The number of imide groups is 1. The van der Waals surface area contributed by atoms with E-state index in [1.165, 1.54) is 11.8 Å². The van der Waals surface area contributed by atoms with Crippen LogP contribution < -0.4 is 15.5 Å². The minimum absolute atomic E-state index is 0.0872. The van der Waals surface area contributed by atoms with E-state index >= 15 is 0 Å². The lowest BCUT2D eigenvalue weighted by atomic mass is 9.76. The lowest BCUT2D eigenvalue weighted by molar-refractivity contribution is -0.738. The molecule has 3 unspecified atom stereocenters. The highest BCUT2D eigenvalue weighted by Crippen LogP contribution is 2.50. The van der Waals surface area contributed by atoms with Crippen LogP contribution >= 0.6 is 0 Å². The molecule has 7 heteroatoms. The molecule has 3 aliphatic heterocycles. The van der Waals surface area contributed by atoms with E-state index < -0.39 is 17.4 Å². The van der Waals surface area contributed by atoms with Crippen LogP contribution in [0.1, 0.15) is 36.7 Å². The van der Waals surface area contributed by atoms with Gasteiger partial charge >= 0.3 is 0 Å². The number of carbonyl (C=O) groups is 4.